The molecule has 1 aromatic rings. The Balaban J connectivity index is 2.35. The molecule has 1 atom stereocenters. The van der Waals surface area contributed by atoms with Crippen molar-refractivity contribution in [2.75, 3.05) is 33.9 Å². The largest absolute Gasteiger partial charge is 0.383 e. The van der Waals surface area contributed by atoms with Crippen LogP contribution in [-0.2, 0) is 9.53 Å². The quantitative estimate of drug-likeness (QED) is 0.742. The first kappa shape index (κ1) is 14.7. The van der Waals surface area contributed by atoms with Gasteiger partial charge in [-0.2, -0.15) is 0 Å². The molecule has 0 radical (unpaired) electrons. The maximum atomic E-state index is 11.8. The smallest absolute Gasteiger partial charge is 0.234 e. The van der Waals surface area contributed by atoms with Crippen LogP contribution in [0, 0.1) is 6.92 Å². The summed E-state index contributed by atoms with van der Waals surface area (Å²) in [6.45, 7) is 5.55. The topological polar surface area (TPSA) is 70.2 Å². The summed E-state index contributed by atoms with van der Waals surface area (Å²) >= 11 is 0. The highest BCUT2D eigenvalue weighted by Gasteiger charge is 2.13. The molecule has 102 valence electrons. The third-order valence-electron chi connectivity index (χ3n) is 2.60. The van der Waals surface area contributed by atoms with Gasteiger partial charge in [-0.25, -0.2) is 4.98 Å². The number of amides is 1. The molecule has 0 spiro atoms. The van der Waals surface area contributed by atoms with Crippen LogP contribution < -0.4 is 5.32 Å². The van der Waals surface area contributed by atoms with Crippen molar-refractivity contribution in [1.82, 2.24) is 20.2 Å². The number of hydrogen-bond acceptors (Lipinski definition) is 4. The van der Waals surface area contributed by atoms with Gasteiger partial charge in [-0.15, -0.1) is 0 Å². The summed E-state index contributed by atoms with van der Waals surface area (Å²) in [6.07, 6.45) is 1.75. The summed E-state index contributed by atoms with van der Waals surface area (Å²) in [5, 5.41) is 2.90. The molecule has 0 aliphatic carbocycles. The van der Waals surface area contributed by atoms with Crippen molar-refractivity contribution in [2.45, 2.75) is 19.9 Å². The number of likely N-dealkylation sites (N-methyl/N-ethyl adjacent to an activating group) is 1. The summed E-state index contributed by atoms with van der Waals surface area (Å²) in [5.74, 6) is 0.760. The van der Waals surface area contributed by atoms with Crippen molar-refractivity contribution in [3.63, 3.8) is 0 Å². The summed E-state index contributed by atoms with van der Waals surface area (Å²) in [7, 11) is 3.54. The average Bonchev–Trinajstić information content (AvgIpc) is 2.73. The fourth-order valence-corrected chi connectivity index (χ4v) is 1.58. The van der Waals surface area contributed by atoms with Crippen LogP contribution in [-0.4, -0.2) is 54.6 Å². The minimum absolute atomic E-state index is 0.0184. The molecular formula is C12H22N4O2. The van der Waals surface area contributed by atoms with Gasteiger partial charge < -0.3 is 15.0 Å². The maximum absolute atomic E-state index is 11.8. The van der Waals surface area contributed by atoms with E-state index in [0.29, 0.717) is 13.2 Å². The van der Waals surface area contributed by atoms with E-state index in [0.717, 1.165) is 18.1 Å². The Labute approximate surface area is 108 Å². The van der Waals surface area contributed by atoms with E-state index in [1.807, 2.05) is 25.8 Å². The third-order valence-corrected chi connectivity index (χ3v) is 2.60. The van der Waals surface area contributed by atoms with Gasteiger partial charge in [0.2, 0.25) is 5.91 Å². The molecule has 6 nitrogen and oxygen atoms in total. The second kappa shape index (κ2) is 7.13. The first-order valence-corrected chi connectivity index (χ1v) is 6.01. The number of aryl methyl sites for hydroxylation is 1. The van der Waals surface area contributed by atoms with Crippen LogP contribution in [0.2, 0.25) is 0 Å². The first-order chi connectivity index (χ1) is 8.52. The number of H-pyrrole nitrogens is 1. The lowest BCUT2D eigenvalue weighted by Gasteiger charge is -2.17. The predicted molar refractivity (Wildman–Crippen MR) is 69.3 cm³/mol. The predicted octanol–water partition coefficient (Wildman–Crippen LogP) is 0.474. The van der Waals surface area contributed by atoms with Crippen LogP contribution in [0.15, 0.2) is 6.20 Å². The van der Waals surface area contributed by atoms with E-state index in [9.17, 15) is 4.79 Å². The van der Waals surface area contributed by atoms with Gasteiger partial charge in [0, 0.05) is 25.5 Å². The molecule has 0 bridgehead atoms. The SMILES string of the molecule is COCCN(C)CC(=O)N[C@@H](C)c1ncc(C)[nH]1. The Kier molecular flexibility index (Phi) is 5.80. The van der Waals surface area contributed by atoms with Gasteiger partial charge in [0.25, 0.3) is 0 Å². The number of ether oxygens (including phenoxy) is 1. The molecule has 6 heteroatoms. The molecule has 1 aromatic heterocycles. The van der Waals surface area contributed by atoms with Crippen LogP contribution in [0.4, 0.5) is 0 Å². The molecule has 1 amide bonds. The summed E-state index contributed by atoms with van der Waals surface area (Å²) in [5.41, 5.74) is 0.989. The molecule has 2 N–H and O–H groups in total. The highest BCUT2D eigenvalue weighted by atomic mass is 16.5. The third kappa shape index (κ3) is 4.85. The Morgan fingerprint density at radius 2 is 2.39 bits per heavy atom. The minimum atomic E-state index is -0.109. The standard InChI is InChI=1S/C12H22N4O2/c1-9-7-13-12(14-9)10(2)15-11(17)8-16(3)5-6-18-4/h7,10H,5-6,8H2,1-4H3,(H,13,14)(H,15,17)/t10-/m0/s1. The molecule has 0 saturated heterocycles. The van der Waals surface area contributed by atoms with E-state index in [4.69, 9.17) is 4.74 Å². The summed E-state index contributed by atoms with van der Waals surface area (Å²) < 4.78 is 4.96. The van der Waals surface area contributed by atoms with Crippen LogP contribution in [0.3, 0.4) is 0 Å². The number of carbonyl (C=O) groups excluding carboxylic acids is 1. The fraction of sp³-hybridized carbons (Fsp3) is 0.667. The van der Waals surface area contributed by atoms with Crippen LogP contribution in [0.1, 0.15) is 24.5 Å². The number of hydrogen-bond donors (Lipinski definition) is 2. The van der Waals surface area contributed by atoms with E-state index in [1.165, 1.54) is 0 Å². The van der Waals surface area contributed by atoms with E-state index in [2.05, 4.69) is 15.3 Å². The zero-order valence-electron chi connectivity index (χ0n) is 11.5. The zero-order valence-corrected chi connectivity index (χ0v) is 11.5. The van der Waals surface area contributed by atoms with Crippen molar-refractivity contribution in [1.29, 1.82) is 0 Å². The highest BCUT2D eigenvalue weighted by Crippen LogP contribution is 2.07. The van der Waals surface area contributed by atoms with E-state index in [1.54, 1.807) is 13.3 Å². The van der Waals surface area contributed by atoms with Crippen molar-refractivity contribution < 1.29 is 9.53 Å². The maximum Gasteiger partial charge on any atom is 0.234 e. The molecular weight excluding hydrogens is 232 g/mol. The number of nitrogens with one attached hydrogen (secondary N) is 2. The number of carbonyl (C=O) groups is 1. The van der Waals surface area contributed by atoms with Gasteiger partial charge in [-0.1, -0.05) is 0 Å². The van der Waals surface area contributed by atoms with Crippen molar-refractivity contribution in [3.8, 4) is 0 Å². The van der Waals surface area contributed by atoms with Gasteiger partial charge >= 0.3 is 0 Å². The van der Waals surface area contributed by atoms with E-state index >= 15 is 0 Å². The Bertz CT molecular complexity index is 378. The number of aromatic amines is 1. The lowest BCUT2D eigenvalue weighted by atomic mass is 10.3. The monoisotopic (exact) mass is 254 g/mol. The highest BCUT2D eigenvalue weighted by molar-refractivity contribution is 5.78. The molecule has 0 aliphatic heterocycles. The summed E-state index contributed by atoms with van der Waals surface area (Å²) in [6, 6.07) is -0.109. The van der Waals surface area contributed by atoms with Gasteiger partial charge in [-0.3, -0.25) is 9.69 Å². The lowest BCUT2D eigenvalue weighted by molar-refractivity contribution is -0.122. The van der Waals surface area contributed by atoms with Crippen molar-refractivity contribution in [3.05, 3.63) is 17.7 Å². The summed E-state index contributed by atoms with van der Waals surface area (Å²) in [4.78, 5) is 21.0. The molecule has 1 heterocycles. The first-order valence-electron chi connectivity index (χ1n) is 6.01. The molecule has 18 heavy (non-hydrogen) atoms. The van der Waals surface area contributed by atoms with E-state index in [-0.39, 0.29) is 11.9 Å². The van der Waals surface area contributed by atoms with Crippen LogP contribution in [0.5, 0.6) is 0 Å². The molecule has 1 rings (SSSR count). The average molecular weight is 254 g/mol. The second-order valence-electron chi connectivity index (χ2n) is 4.47. The molecule has 0 aliphatic rings. The fourth-order valence-electron chi connectivity index (χ4n) is 1.58. The van der Waals surface area contributed by atoms with Crippen LogP contribution in [0.25, 0.3) is 0 Å². The second-order valence-corrected chi connectivity index (χ2v) is 4.47. The van der Waals surface area contributed by atoms with Crippen molar-refractivity contribution in [2.24, 2.45) is 0 Å². The number of nitrogens with zero attached hydrogens (tertiary/aromatic N) is 2. The van der Waals surface area contributed by atoms with E-state index < -0.39 is 0 Å². The molecule has 0 aromatic carbocycles. The van der Waals surface area contributed by atoms with Crippen LogP contribution >= 0.6 is 0 Å². The Hall–Kier alpha value is -1.40. The normalized spacial score (nSPS) is 12.7. The Morgan fingerprint density at radius 1 is 1.67 bits per heavy atom. The van der Waals surface area contributed by atoms with Gasteiger partial charge in [-0.05, 0) is 20.9 Å². The minimum Gasteiger partial charge on any atom is -0.383 e. The van der Waals surface area contributed by atoms with Gasteiger partial charge in [0.1, 0.15) is 5.82 Å². The number of aromatic nitrogens is 2. The number of methoxy groups -OCH3 is 1. The zero-order chi connectivity index (χ0) is 13.5. The number of imidazole rings is 1. The van der Waals surface area contributed by atoms with Gasteiger partial charge in [0.15, 0.2) is 0 Å². The van der Waals surface area contributed by atoms with Gasteiger partial charge in [0.05, 0.1) is 19.2 Å². The molecule has 0 unspecified atom stereocenters. The Morgan fingerprint density at radius 3 is 2.94 bits per heavy atom. The van der Waals surface area contributed by atoms with Crippen molar-refractivity contribution >= 4 is 5.91 Å². The lowest BCUT2D eigenvalue weighted by Crippen LogP contribution is -2.37. The number of rotatable bonds is 7. The molecule has 0 saturated carbocycles. The molecule has 0 fully saturated rings.